The van der Waals surface area contributed by atoms with Crippen LogP contribution in [0, 0.1) is 5.92 Å². The van der Waals surface area contributed by atoms with Crippen LogP contribution in [-0.2, 0) is 84.2 Å². The number of cyclic esters (lactones) is 1. The van der Waals surface area contributed by atoms with E-state index in [0.29, 0.717) is 28.9 Å². The highest BCUT2D eigenvalue weighted by Gasteiger charge is 2.50. The van der Waals surface area contributed by atoms with E-state index in [-0.39, 0.29) is 67.4 Å². The normalized spacial score (nSPS) is 15.0. The Labute approximate surface area is 384 Å². The monoisotopic (exact) mass is 923 g/mol. The Bertz CT molecular complexity index is 2660. The number of ether oxygens (including phenoxy) is 3. The van der Waals surface area contributed by atoms with E-state index in [4.69, 9.17) is 19.2 Å². The van der Waals surface area contributed by atoms with E-state index in [0.717, 1.165) is 16.5 Å². The summed E-state index contributed by atoms with van der Waals surface area (Å²) in [5, 5.41) is 23.1. The molecule has 67 heavy (non-hydrogen) atoms. The number of phenols is 1. The zero-order valence-electron chi connectivity index (χ0n) is 37.6. The molecule has 20 nitrogen and oxygen atoms in total. The average molecular weight is 924 g/mol. The van der Waals surface area contributed by atoms with Gasteiger partial charge in [0.1, 0.15) is 37.5 Å². The zero-order valence-corrected chi connectivity index (χ0v) is 37.6. The van der Waals surface area contributed by atoms with Gasteiger partial charge in [-0.3, -0.25) is 33.6 Å². The molecule has 0 spiro atoms. The summed E-state index contributed by atoms with van der Waals surface area (Å²) in [7, 11) is 0. The Hall–Kier alpha value is -7.48. The van der Waals surface area contributed by atoms with Crippen molar-refractivity contribution in [2.24, 2.45) is 5.92 Å². The predicted octanol–water partition coefficient (Wildman–Crippen LogP) is 1.07. The molecule has 2 aliphatic heterocycles. The number of ketones is 1. The molecule has 2 atom stereocenters. The van der Waals surface area contributed by atoms with Crippen molar-refractivity contribution in [2.75, 3.05) is 33.0 Å². The number of benzene rings is 2. The summed E-state index contributed by atoms with van der Waals surface area (Å²) < 4.78 is 18.1. The lowest BCUT2D eigenvalue weighted by Gasteiger charge is -2.35. The largest absolute Gasteiger partial charge is 0.508 e. The highest BCUT2D eigenvalue weighted by atomic mass is 16.6. The fourth-order valence-corrected chi connectivity index (χ4v) is 7.89. The first kappa shape index (κ1) is 49.0. The van der Waals surface area contributed by atoms with E-state index in [2.05, 4.69) is 26.6 Å². The Morgan fingerprint density at radius 1 is 0.851 bits per heavy atom. The topological polar surface area (TPSA) is 280 Å². The van der Waals surface area contributed by atoms with Crippen LogP contribution in [0.4, 0.5) is 0 Å². The Balaban J connectivity index is 1.01. The van der Waals surface area contributed by atoms with Crippen molar-refractivity contribution in [1.29, 1.82) is 0 Å². The third kappa shape index (κ3) is 11.5. The fourth-order valence-electron chi connectivity index (χ4n) is 7.89. The smallest absolute Gasteiger partial charge is 0.355 e. The lowest BCUT2D eigenvalue weighted by atomic mass is 9.85. The summed E-state index contributed by atoms with van der Waals surface area (Å²) in [5.74, 6) is -5.43. The maximum atomic E-state index is 14.0. The van der Waals surface area contributed by atoms with Gasteiger partial charge >= 0.3 is 11.9 Å². The number of aromatic hydroxyl groups is 1. The minimum Gasteiger partial charge on any atom is -0.508 e. The van der Waals surface area contributed by atoms with Crippen LogP contribution < -0.4 is 32.1 Å². The van der Waals surface area contributed by atoms with Crippen LogP contribution in [0.2, 0.25) is 0 Å². The predicted molar refractivity (Wildman–Crippen MR) is 239 cm³/mol. The molecule has 4 aromatic rings. The fraction of sp³-hybridized carbons (Fsp3) is 0.404. The molecule has 0 bridgehead atoms. The molecular formula is C47H53N7O13. The molecule has 2 aromatic carbocycles. The number of esters is 2. The molecule has 20 heteroatoms. The number of fused-ring (bicyclic) bond motifs is 5. The summed E-state index contributed by atoms with van der Waals surface area (Å²) in [6, 6.07) is 14.0. The highest BCUT2D eigenvalue weighted by molar-refractivity contribution is 5.94. The number of nitrogens with one attached hydrogen (secondary N) is 5. The number of Topliss-reactive ketones (excluding diaryl/α,β-unsaturated/α-hetero) is 1. The van der Waals surface area contributed by atoms with Crippen LogP contribution in [0.25, 0.3) is 22.3 Å². The number of aryl methyl sites for hydroxylation is 1. The first-order valence-corrected chi connectivity index (χ1v) is 21.9. The first-order valence-electron chi connectivity index (χ1n) is 21.9. The van der Waals surface area contributed by atoms with Crippen molar-refractivity contribution in [3.8, 4) is 17.1 Å². The van der Waals surface area contributed by atoms with Crippen LogP contribution in [0.1, 0.15) is 74.8 Å². The van der Waals surface area contributed by atoms with Crippen molar-refractivity contribution >= 4 is 58.2 Å². The third-order valence-corrected chi connectivity index (χ3v) is 11.5. The van der Waals surface area contributed by atoms with Crippen LogP contribution in [-0.4, -0.2) is 101 Å². The van der Waals surface area contributed by atoms with E-state index >= 15 is 0 Å². The number of carbonyl (C=O) groups excluding carboxylic acids is 8. The van der Waals surface area contributed by atoms with E-state index < -0.39 is 91.6 Å². The van der Waals surface area contributed by atoms with Crippen LogP contribution >= 0.6 is 0 Å². The number of carbonyl (C=O) groups is 8. The van der Waals surface area contributed by atoms with Gasteiger partial charge in [0, 0.05) is 41.7 Å². The quantitative estimate of drug-likeness (QED) is 0.0341. The molecule has 0 aliphatic carbocycles. The number of hydrogen-bond donors (Lipinski definition) is 6. The summed E-state index contributed by atoms with van der Waals surface area (Å²) in [6.45, 7) is 4.15. The molecule has 0 saturated carbocycles. The van der Waals surface area contributed by atoms with Crippen LogP contribution in [0.15, 0.2) is 59.4 Å². The maximum absolute atomic E-state index is 14.0. The van der Waals surface area contributed by atoms with Gasteiger partial charge in [0.05, 0.1) is 48.6 Å². The zero-order chi connectivity index (χ0) is 48.4. The first-order chi connectivity index (χ1) is 32.0. The molecule has 354 valence electrons. The van der Waals surface area contributed by atoms with Gasteiger partial charge in [-0.05, 0) is 48.2 Å². The molecule has 5 amide bonds. The van der Waals surface area contributed by atoms with E-state index in [1.165, 1.54) is 6.07 Å². The van der Waals surface area contributed by atoms with Crippen LogP contribution in [0.3, 0.4) is 0 Å². The van der Waals surface area contributed by atoms with Crippen molar-refractivity contribution in [2.45, 2.75) is 84.6 Å². The lowest BCUT2D eigenvalue weighted by Crippen LogP contribution is -2.52. The SMILES string of the molecule is CCc1c2c(nc3ccc(O)cc13)-c1cc3c(c(=O)n1C2)COC(=O)[C@@]3(CC)OC(=O)COCNC(=O)CNC(=O)[C@H](Cc1ccccc1)NC(=O)CNC(=O)CNC(=O)CCC(=O)C(C)C. The number of aromatic nitrogens is 2. The second-order valence-corrected chi connectivity index (χ2v) is 16.3. The number of hydrogen-bond acceptors (Lipinski definition) is 14. The Morgan fingerprint density at radius 3 is 2.27 bits per heavy atom. The summed E-state index contributed by atoms with van der Waals surface area (Å²) in [6.07, 6.45) is 0.497. The van der Waals surface area contributed by atoms with Gasteiger partial charge < -0.3 is 50.5 Å². The van der Waals surface area contributed by atoms with Crippen molar-refractivity contribution in [1.82, 2.24) is 36.1 Å². The van der Waals surface area contributed by atoms with Gasteiger partial charge in [-0.2, -0.15) is 0 Å². The number of amides is 5. The number of phenolic OH excluding ortho intramolecular Hbond substituents is 1. The minimum absolute atomic E-state index is 0.0341. The van der Waals surface area contributed by atoms with Crippen molar-refractivity contribution < 1.29 is 57.7 Å². The third-order valence-electron chi connectivity index (χ3n) is 11.5. The molecular weight excluding hydrogens is 871 g/mol. The molecule has 0 radical (unpaired) electrons. The Morgan fingerprint density at radius 2 is 1.55 bits per heavy atom. The minimum atomic E-state index is -2.00. The lowest BCUT2D eigenvalue weighted by molar-refractivity contribution is -0.192. The molecule has 0 saturated heterocycles. The summed E-state index contributed by atoms with van der Waals surface area (Å²) in [4.78, 5) is 120. The average Bonchev–Trinajstić information content (AvgIpc) is 3.68. The van der Waals surface area contributed by atoms with Gasteiger partial charge in [-0.15, -0.1) is 0 Å². The molecule has 6 rings (SSSR count). The Kier molecular flexibility index (Phi) is 15.8. The van der Waals surface area contributed by atoms with E-state index in [9.17, 15) is 48.3 Å². The molecule has 2 aromatic heterocycles. The molecule has 6 N–H and O–H groups in total. The summed E-state index contributed by atoms with van der Waals surface area (Å²) in [5.41, 5.74) is 1.85. The molecule has 0 fully saturated rings. The second-order valence-electron chi connectivity index (χ2n) is 16.3. The maximum Gasteiger partial charge on any atom is 0.355 e. The molecule has 4 heterocycles. The number of nitrogens with zero attached hydrogens (tertiary/aromatic N) is 2. The van der Waals surface area contributed by atoms with Gasteiger partial charge in [0.2, 0.25) is 35.1 Å². The van der Waals surface area contributed by atoms with Gasteiger partial charge in [0.25, 0.3) is 5.56 Å². The standard InChI is InChI=1S/C47H53N7O13/c1-5-29-30-17-28(55)12-13-34(30)53-43-31(29)22-54-36(43)18-33-32(45(54)63)23-66-46(64)47(33,6-2)67-42(61)24-65-25-51-40(59)20-50-44(62)35(16-27-10-8-7-9-11-27)52-41(60)21-49-39(58)19-48-38(57)15-14-37(56)26(3)4/h7-13,17-18,26,35,55H,5-6,14-16,19-25H2,1-4H3,(H,48,57)(H,49,58)(H,50,62)(H,51,59)(H,52,60)/t35-,47-/m0/s1. The van der Waals surface area contributed by atoms with Gasteiger partial charge in [-0.25, -0.2) is 14.6 Å². The van der Waals surface area contributed by atoms with E-state index in [1.54, 1.807) is 73.9 Å². The molecule has 2 aliphatic rings. The molecule has 0 unspecified atom stereocenters. The number of rotatable bonds is 21. The number of pyridine rings is 2. The van der Waals surface area contributed by atoms with Crippen LogP contribution in [0.5, 0.6) is 5.75 Å². The van der Waals surface area contributed by atoms with Crippen molar-refractivity contribution in [3.63, 3.8) is 0 Å². The van der Waals surface area contributed by atoms with E-state index in [1.807, 2.05) is 6.92 Å². The summed E-state index contributed by atoms with van der Waals surface area (Å²) >= 11 is 0. The van der Waals surface area contributed by atoms with Gasteiger partial charge in [0.15, 0.2) is 0 Å². The second kappa shape index (κ2) is 21.7. The highest BCUT2D eigenvalue weighted by Crippen LogP contribution is 2.42. The van der Waals surface area contributed by atoms with Crippen molar-refractivity contribution in [3.05, 3.63) is 92.8 Å². The van der Waals surface area contributed by atoms with Gasteiger partial charge in [-0.1, -0.05) is 58.0 Å².